The zero-order chi connectivity index (χ0) is 10.0. The molecule has 1 rings (SSSR count). The van der Waals surface area contributed by atoms with Gasteiger partial charge in [0, 0.05) is 25.5 Å². The third-order valence-corrected chi connectivity index (χ3v) is 2.21. The maximum absolute atomic E-state index is 5.93. The van der Waals surface area contributed by atoms with E-state index in [0.29, 0.717) is 5.92 Å². The van der Waals surface area contributed by atoms with E-state index in [2.05, 4.69) is 30.9 Å². The van der Waals surface area contributed by atoms with Gasteiger partial charge in [-0.05, 0) is 23.6 Å². The number of hydrogen-bond donors (Lipinski definition) is 1. The molecule has 1 aromatic carbocycles. The smallest absolute Gasteiger partial charge is 0.0381 e. The number of nitrogen functional groups attached to an aromatic ring is 1. The van der Waals surface area contributed by atoms with Crippen molar-refractivity contribution in [1.82, 2.24) is 0 Å². The highest BCUT2D eigenvalue weighted by atomic mass is 15.1. The van der Waals surface area contributed by atoms with Crippen molar-refractivity contribution in [2.24, 2.45) is 0 Å². The van der Waals surface area contributed by atoms with E-state index in [9.17, 15) is 0 Å². The Morgan fingerprint density at radius 1 is 1.23 bits per heavy atom. The molecule has 2 N–H and O–H groups in total. The van der Waals surface area contributed by atoms with E-state index in [-0.39, 0.29) is 0 Å². The van der Waals surface area contributed by atoms with E-state index in [1.54, 1.807) is 0 Å². The molecule has 0 aliphatic carbocycles. The first-order valence-electron chi connectivity index (χ1n) is 4.59. The van der Waals surface area contributed by atoms with Gasteiger partial charge in [0.2, 0.25) is 0 Å². The minimum absolute atomic E-state index is 0.496. The van der Waals surface area contributed by atoms with Crippen LogP contribution < -0.4 is 10.6 Å². The number of nitrogens with zero attached hydrogens (tertiary/aromatic N) is 1. The lowest BCUT2D eigenvalue weighted by Gasteiger charge is -2.16. The Balaban J connectivity index is 3.06. The van der Waals surface area contributed by atoms with E-state index in [4.69, 9.17) is 5.73 Å². The van der Waals surface area contributed by atoms with Crippen molar-refractivity contribution >= 4 is 11.4 Å². The highest BCUT2D eigenvalue weighted by molar-refractivity contribution is 5.60. The fourth-order valence-electron chi connectivity index (χ4n) is 1.37. The maximum Gasteiger partial charge on any atom is 0.0381 e. The van der Waals surface area contributed by atoms with Gasteiger partial charge in [-0.2, -0.15) is 0 Å². The highest BCUT2D eigenvalue weighted by Gasteiger charge is 2.05. The van der Waals surface area contributed by atoms with Gasteiger partial charge in [-0.1, -0.05) is 19.9 Å². The summed E-state index contributed by atoms with van der Waals surface area (Å²) in [6.45, 7) is 4.31. The summed E-state index contributed by atoms with van der Waals surface area (Å²) in [5, 5.41) is 0. The Morgan fingerprint density at radius 3 is 2.23 bits per heavy atom. The molecule has 0 amide bonds. The average Bonchev–Trinajstić information content (AvgIpc) is 2.03. The van der Waals surface area contributed by atoms with E-state index in [1.807, 2.05) is 20.2 Å². The van der Waals surface area contributed by atoms with E-state index >= 15 is 0 Å². The summed E-state index contributed by atoms with van der Waals surface area (Å²) < 4.78 is 0. The van der Waals surface area contributed by atoms with Crippen molar-refractivity contribution in [2.75, 3.05) is 24.7 Å². The van der Waals surface area contributed by atoms with Crippen molar-refractivity contribution in [1.29, 1.82) is 0 Å². The minimum Gasteiger partial charge on any atom is -0.398 e. The molecule has 0 saturated heterocycles. The predicted molar refractivity (Wildman–Crippen MR) is 59.3 cm³/mol. The predicted octanol–water partition coefficient (Wildman–Crippen LogP) is 2.46. The van der Waals surface area contributed by atoms with Crippen LogP contribution in [0, 0.1) is 0 Å². The number of benzene rings is 1. The Labute approximate surface area is 80.4 Å². The van der Waals surface area contributed by atoms with Gasteiger partial charge in [0.15, 0.2) is 0 Å². The van der Waals surface area contributed by atoms with Crippen molar-refractivity contribution in [2.45, 2.75) is 19.8 Å². The van der Waals surface area contributed by atoms with Gasteiger partial charge in [-0.3, -0.25) is 0 Å². The lowest BCUT2D eigenvalue weighted by atomic mass is 10.0. The molecule has 0 unspecified atom stereocenters. The first-order chi connectivity index (χ1) is 6.02. The van der Waals surface area contributed by atoms with Crippen LogP contribution in [0.2, 0.25) is 0 Å². The van der Waals surface area contributed by atoms with Gasteiger partial charge >= 0.3 is 0 Å². The Morgan fingerprint density at radius 2 is 1.85 bits per heavy atom. The maximum atomic E-state index is 5.93. The van der Waals surface area contributed by atoms with Gasteiger partial charge in [0.05, 0.1) is 0 Å². The first kappa shape index (κ1) is 9.90. The second-order valence-corrected chi connectivity index (χ2v) is 3.86. The SMILES string of the molecule is CC(C)c1ccc(N(C)C)cc1N. The summed E-state index contributed by atoms with van der Waals surface area (Å²) in [7, 11) is 4.04. The normalized spacial score (nSPS) is 10.5. The second kappa shape index (κ2) is 3.69. The Hall–Kier alpha value is -1.18. The Bertz CT molecular complexity index is 290. The zero-order valence-electron chi connectivity index (χ0n) is 8.83. The van der Waals surface area contributed by atoms with Crippen LogP contribution >= 0.6 is 0 Å². The van der Waals surface area contributed by atoms with Crippen molar-refractivity contribution in [3.63, 3.8) is 0 Å². The van der Waals surface area contributed by atoms with E-state index < -0.39 is 0 Å². The monoisotopic (exact) mass is 178 g/mol. The summed E-state index contributed by atoms with van der Waals surface area (Å²) in [5.41, 5.74) is 9.21. The molecule has 0 atom stereocenters. The third kappa shape index (κ3) is 2.14. The molecule has 0 aromatic heterocycles. The van der Waals surface area contributed by atoms with Gasteiger partial charge < -0.3 is 10.6 Å². The fourth-order valence-corrected chi connectivity index (χ4v) is 1.37. The van der Waals surface area contributed by atoms with Crippen LogP contribution in [0.1, 0.15) is 25.3 Å². The fraction of sp³-hybridized carbons (Fsp3) is 0.455. The summed E-state index contributed by atoms with van der Waals surface area (Å²) in [6.07, 6.45) is 0. The number of anilines is 2. The van der Waals surface area contributed by atoms with Crippen molar-refractivity contribution < 1.29 is 0 Å². The molecular formula is C11H18N2. The molecule has 0 aliphatic rings. The molecule has 0 radical (unpaired) electrons. The average molecular weight is 178 g/mol. The summed E-state index contributed by atoms with van der Waals surface area (Å²) in [6, 6.07) is 6.23. The number of nitrogens with two attached hydrogens (primary N) is 1. The van der Waals surface area contributed by atoms with Crippen LogP contribution in [0.3, 0.4) is 0 Å². The molecule has 0 fully saturated rings. The molecule has 2 heteroatoms. The lowest BCUT2D eigenvalue weighted by molar-refractivity contribution is 0.869. The number of hydrogen-bond acceptors (Lipinski definition) is 2. The van der Waals surface area contributed by atoms with E-state index in [1.165, 1.54) is 5.56 Å². The molecular weight excluding hydrogens is 160 g/mol. The van der Waals surface area contributed by atoms with E-state index in [0.717, 1.165) is 11.4 Å². The van der Waals surface area contributed by atoms with Crippen LogP contribution in [0.4, 0.5) is 11.4 Å². The largest absolute Gasteiger partial charge is 0.398 e. The molecule has 0 saturated carbocycles. The van der Waals surface area contributed by atoms with Crippen molar-refractivity contribution in [3.8, 4) is 0 Å². The Kier molecular flexibility index (Phi) is 2.81. The van der Waals surface area contributed by atoms with Crippen LogP contribution in [0.5, 0.6) is 0 Å². The van der Waals surface area contributed by atoms with Gasteiger partial charge in [0.25, 0.3) is 0 Å². The molecule has 1 aromatic rings. The minimum atomic E-state index is 0.496. The van der Waals surface area contributed by atoms with Gasteiger partial charge in [-0.25, -0.2) is 0 Å². The molecule has 0 heterocycles. The molecule has 0 bridgehead atoms. The van der Waals surface area contributed by atoms with Gasteiger partial charge in [-0.15, -0.1) is 0 Å². The molecule has 72 valence electrons. The van der Waals surface area contributed by atoms with Crippen molar-refractivity contribution in [3.05, 3.63) is 23.8 Å². The zero-order valence-corrected chi connectivity index (χ0v) is 8.83. The van der Waals surface area contributed by atoms with Crippen LogP contribution in [0.25, 0.3) is 0 Å². The second-order valence-electron chi connectivity index (χ2n) is 3.86. The third-order valence-electron chi connectivity index (χ3n) is 2.21. The summed E-state index contributed by atoms with van der Waals surface area (Å²) in [5.74, 6) is 0.496. The molecule has 2 nitrogen and oxygen atoms in total. The lowest BCUT2D eigenvalue weighted by Crippen LogP contribution is -2.09. The highest BCUT2D eigenvalue weighted by Crippen LogP contribution is 2.25. The van der Waals surface area contributed by atoms with Gasteiger partial charge in [0.1, 0.15) is 0 Å². The quantitative estimate of drug-likeness (QED) is 0.705. The first-order valence-corrected chi connectivity index (χ1v) is 4.59. The van der Waals surface area contributed by atoms with Crippen LogP contribution in [0.15, 0.2) is 18.2 Å². The molecule has 0 aliphatic heterocycles. The molecule has 13 heavy (non-hydrogen) atoms. The topological polar surface area (TPSA) is 29.3 Å². The molecule has 0 spiro atoms. The van der Waals surface area contributed by atoms with Crippen LogP contribution in [-0.2, 0) is 0 Å². The summed E-state index contributed by atoms with van der Waals surface area (Å²) >= 11 is 0. The van der Waals surface area contributed by atoms with Crippen LogP contribution in [-0.4, -0.2) is 14.1 Å². The summed E-state index contributed by atoms with van der Waals surface area (Å²) in [4.78, 5) is 2.06. The number of rotatable bonds is 2. The standard InChI is InChI=1S/C11H18N2/c1-8(2)10-6-5-9(13(3)4)7-11(10)12/h5-8H,12H2,1-4H3.